The SMILES string of the molecule is CCOP(=O)(OCC)[C@H](CCC(=O)O)NC(=O)c1ccc(N(C)Cc2ccc3nc(C)[nH]c(=O)c3c2)s1. The maximum absolute atomic E-state index is 13.3. The Balaban J connectivity index is 1.75. The molecule has 0 saturated heterocycles. The molecule has 0 saturated carbocycles. The van der Waals surface area contributed by atoms with Gasteiger partial charge in [0, 0.05) is 20.0 Å². The van der Waals surface area contributed by atoms with Crippen molar-refractivity contribution in [3.63, 3.8) is 0 Å². The first kappa shape index (κ1) is 28.5. The van der Waals surface area contributed by atoms with Crippen LogP contribution in [0.5, 0.6) is 0 Å². The number of aromatic amines is 1. The molecule has 2 aromatic heterocycles. The number of aryl methyl sites for hydroxylation is 1. The zero-order valence-electron chi connectivity index (χ0n) is 21.1. The standard InChI is InChI=1S/C24H31N4O7PS/c1-5-34-36(33,35-6-2)20(10-12-22(29)30)27-24(32)19-9-11-21(37-19)28(4)14-16-7-8-18-17(13-16)23(31)26-15(3)25-18/h7-9,11,13,20H,5-6,10,12,14H2,1-4H3,(H,27,32)(H,29,30)(H,25,26,31)/t20-/m1/s1. The quantitative estimate of drug-likeness (QED) is 0.267. The summed E-state index contributed by atoms with van der Waals surface area (Å²) in [6.45, 7) is 5.67. The third-order valence-corrected chi connectivity index (χ3v) is 9.01. The molecule has 37 heavy (non-hydrogen) atoms. The topological polar surface area (TPSA) is 151 Å². The number of nitrogens with zero attached hydrogens (tertiary/aromatic N) is 2. The van der Waals surface area contributed by atoms with Gasteiger partial charge in [-0.1, -0.05) is 6.07 Å². The largest absolute Gasteiger partial charge is 0.481 e. The van der Waals surface area contributed by atoms with E-state index in [0.29, 0.717) is 28.1 Å². The Labute approximate surface area is 218 Å². The summed E-state index contributed by atoms with van der Waals surface area (Å²) in [7, 11) is -1.92. The monoisotopic (exact) mass is 550 g/mol. The Morgan fingerprint density at radius 3 is 2.57 bits per heavy atom. The van der Waals surface area contributed by atoms with E-state index in [1.807, 2.05) is 18.0 Å². The van der Waals surface area contributed by atoms with Gasteiger partial charge in [-0.3, -0.25) is 18.9 Å². The first-order valence-corrected chi connectivity index (χ1v) is 14.2. The summed E-state index contributed by atoms with van der Waals surface area (Å²) in [5.41, 5.74) is 1.32. The van der Waals surface area contributed by atoms with Gasteiger partial charge in [0.2, 0.25) is 0 Å². The number of hydrogen-bond acceptors (Lipinski definition) is 9. The van der Waals surface area contributed by atoms with Crippen LogP contribution < -0.4 is 15.8 Å². The van der Waals surface area contributed by atoms with E-state index in [9.17, 15) is 18.9 Å². The summed E-state index contributed by atoms with van der Waals surface area (Å²) in [6.07, 6.45) is -0.414. The molecule has 13 heteroatoms. The Kier molecular flexibility index (Phi) is 9.61. The second-order valence-corrected chi connectivity index (χ2v) is 11.6. The second-order valence-electron chi connectivity index (χ2n) is 8.29. The Morgan fingerprint density at radius 2 is 1.92 bits per heavy atom. The summed E-state index contributed by atoms with van der Waals surface area (Å²) in [5.74, 6) is -2.14. The highest BCUT2D eigenvalue weighted by molar-refractivity contribution is 7.54. The highest BCUT2D eigenvalue weighted by atomic mass is 32.1. The zero-order chi connectivity index (χ0) is 27.2. The number of rotatable bonds is 13. The normalized spacial score (nSPS) is 12.4. The lowest BCUT2D eigenvalue weighted by atomic mass is 10.1. The molecule has 0 aliphatic carbocycles. The van der Waals surface area contributed by atoms with Crippen molar-refractivity contribution in [2.45, 2.75) is 45.9 Å². The first-order valence-electron chi connectivity index (χ1n) is 11.8. The number of carboxylic acid groups (broad SMARTS) is 1. The number of H-pyrrole nitrogens is 1. The van der Waals surface area contributed by atoms with Gasteiger partial charge in [-0.05, 0) is 57.0 Å². The predicted molar refractivity (Wildman–Crippen MR) is 143 cm³/mol. The van der Waals surface area contributed by atoms with E-state index in [1.54, 1.807) is 45.0 Å². The minimum absolute atomic E-state index is 0.0843. The molecule has 3 rings (SSSR count). The molecule has 3 aromatic rings. The minimum atomic E-state index is -3.78. The van der Waals surface area contributed by atoms with Crippen molar-refractivity contribution in [3.05, 3.63) is 57.0 Å². The maximum atomic E-state index is 13.3. The Morgan fingerprint density at radius 1 is 1.22 bits per heavy atom. The van der Waals surface area contributed by atoms with E-state index in [1.165, 1.54) is 11.3 Å². The van der Waals surface area contributed by atoms with Crippen LogP contribution in [0, 0.1) is 6.92 Å². The number of aliphatic carboxylic acids is 1. The lowest BCUT2D eigenvalue weighted by Gasteiger charge is -2.26. The lowest BCUT2D eigenvalue weighted by molar-refractivity contribution is -0.137. The summed E-state index contributed by atoms with van der Waals surface area (Å²) in [5, 5.41) is 13.1. The van der Waals surface area contributed by atoms with Crippen LogP contribution in [0.4, 0.5) is 5.00 Å². The van der Waals surface area contributed by atoms with Crippen LogP contribution in [0.2, 0.25) is 0 Å². The predicted octanol–water partition coefficient (Wildman–Crippen LogP) is 4.12. The Hall–Kier alpha value is -3.05. The average molecular weight is 551 g/mol. The fourth-order valence-electron chi connectivity index (χ4n) is 3.78. The van der Waals surface area contributed by atoms with E-state index in [2.05, 4.69) is 15.3 Å². The molecule has 1 atom stereocenters. The van der Waals surface area contributed by atoms with Gasteiger partial charge >= 0.3 is 13.6 Å². The van der Waals surface area contributed by atoms with Gasteiger partial charge in [0.05, 0.1) is 34.0 Å². The molecule has 0 unspecified atom stereocenters. The molecule has 0 fully saturated rings. The highest BCUT2D eigenvalue weighted by Crippen LogP contribution is 2.53. The average Bonchev–Trinajstić information content (AvgIpc) is 3.33. The number of nitrogens with one attached hydrogen (secondary N) is 2. The Bertz CT molecular complexity index is 1360. The molecule has 11 nitrogen and oxygen atoms in total. The number of benzene rings is 1. The molecule has 0 aliphatic heterocycles. The van der Waals surface area contributed by atoms with Crippen LogP contribution in [0.25, 0.3) is 10.9 Å². The van der Waals surface area contributed by atoms with Gasteiger partial charge in [0.15, 0.2) is 0 Å². The van der Waals surface area contributed by atoms with Gasteiger partial charge < -0.3 is 29.4 Å². The molecular weight excluding hydrogens is 519 g/mol. The van der Waals surface area contributed by atoms with Crippen LogP contribution in [0.15, 0.2) is 35.1 Å². The van der Waals surface area contributed by atoms with Crippen molar-refractivity contribution in [3.8, 4) is 0 Å². The number of thiophene rings is 1. The van der Waals surface area contributed by atoms with E-state index in [4.69, 9.17) is 14.2 Å². The number of hydrogen-bond donors (Lipinski definition) is 3. The van der Waals surface area contributed by atoms with Gasteiger partial charge in [0.1, 0.15) is 11.6 Å². The third-order valence-electron chi connectivity index (χ3n) is 5.43. The van der Waals surface area contributed by atoms with Gasteiger partial charge in [-0.15, -0.1) is 11.3 Å². The molecule has 0 aliphatic rings. The molecule has 0 spiro atoms. The van der Waals surface area contributed by atoms with E-state index in [-0.39, 0.29) is 31.6 Å². The first-order chi connectivity index (χ1) is 17.6. The van der Waals surface area contributed by atoms with Crippen LogP contribution in [0.3, 0.4) is 0 Å². The molecule has 1 amide bonds. The number of amides is 1. The van der Waals surface area contributed by atoms with Crippen LogP contribution in [-0.2, 0) is 25.0 Å². The zero-order valence-corrected chi connectivity index (χ0v) is 22.9. The number of carboxylic acids is 1. The molecule has 0 radical (unpaired) electrons. The fourth-order valence-corrected chi connectivity index (χ4v) is 6.52. The molecule has 2 heterocycles. The highest BCUT2D eigenvalue weighted by Gasteiger charge is 2.37. The smallest absolute Gasteiger partial charge is 0.352 e. The van der Waals surface area contributed by atoms with E-state index >= 15 is 0 Å². The van der Waals surface area contributed by atoms with Crippen LogP contribution in [0.1, 0.15) is 47.7 Å². The molecular formula is C24H31N4O7PS. The van der Waals surface area contributed by atoms with Crippen molar-refractivity contribution < 1.29 is 28.3 Å². The fraction of sp³-hybridized carbons (Fsp3) is 0.417. The summed E-state index contributed by atoms with van der Waals surface area (Å²) in [4.78, 5) is 45.8. The van der Waals surface area contributed by atoms with E-state index < -0.39 is 25.3 Å². The molecule has 200 valence electrons. The number of anilines is 1. The van der Waals surface area contributed by atoms with Gasteiger partial charge in [-0.2, -0.15) is 0 Å². The summed E-state index contributed by atoms with van der Waals surface area (Å²) in [6, 6.07) is 8.93. The van der Waals surface area contributed by atoms with Crippen LogP contribution >= 0.6 is 18.9 Å². The minimum Gasteiger partial charge on any atom is -0.481 e. The number of fused-ring (bicyclic) bond motifs is 1. The molecule has 1 aromatic carbocycles. The molecule has 3 N–H and O–H groups in total. The van der Waals surface area contributed by atoms with Crippen molar-refractivity contribution in [2.24, 2.45) is 0 Å². The van der Waals surface area contributed by atoms with Gasteiger partial charge in [0.25, 0.3) is 11.5 Å². The summed E-state index contributed by atoms with van der Waals surface area (Å²) >= 11 is 1.23. The summed E-state index contributed by atoms with van der Waals surface area (Å²) < 4.78 is 24.0. The lowest BCUT2D eigenvalue weighted by Crippen LogP contribution is -2.36. The van der Waals surface area contributed by atoms with Crippen molar-refractivity contribution in [1.82, 2.24) is 15.3 Å². The van der Waals surface area contributed by atoms with Crippen molar-refractivity contribution >= 4 is 46.7 Å². The number of carbonyl (C=O) groups excluding carboxylic acids is 1. The maximum Gasteiger partial charge on any atom is 0.352 e. The number of carbonyl (C=O) groups is 2. The van der Waals surface area contributed by atoms with Crippen molar-refractivity contribution in [1.29, 1.82) is 0 Å². The molecule has 0 bridgehead atoms. The van der Waals surface area contributed by atoms with E-state index in [0.717, 1.165) is 10.6 Å². The second kappa shape index (κ2) is 12.5. The number of aromatic nitrogens is 2. The van der Waals surface area contributed by atoms with Crippen molar-refractivity contribution in [2.75, 3.05) is 25.2 Å². The third kappa shape index (κ3) is 7.26. The van der Waals surface area contributed by atoms with Gasteiger partial charge in [-0.25, -0.2) is 4.98 Å². The van der Waals surface area contributed by atoms with Crippen LogP contribution in [-0.4, -0.2) is 53.0 Å².